The molecule has 9 aromatic rings. The van der Waals surface area contributed by atoms with Crippen molar-refractivity contribution >= 4 is 43.1 Å². The maximum atomic E-state index is 15.1. The van der Waals surface area contributed by atoms with E-state index in [4.69, 9.17) is 0 Å². The molecular weight excluding hydrogens is 665 g/mol. The lowest BCUT2D eigenvalue weighted by molar-refractivity contribution is 1.35. The van der Waals surface area contributed by atoms with Gasteiger partial charge in [0.1, 0.15) is 0 Å². The monoisotopic (exact) mass is 698 g/mol. The third kappa shape index (κ3) is 4.70. The Morgan fingerprint density at radius 2 is 0.463 bits per heavy atom. The molecule has 0 saturated carbocycles. The van der Waals surface area contributed by atoms with Crippen LogP contribution in [0.1, 0.15) is 22.3 Å². The van der Waals surface area contributed by atoms with E-state index < -0.39 is 0 Å². The molecule has 9 aromatic carbocycles. The van der Waals surface area contributed by atoms with Gasteiger partial charge in [0, 0.05) is 43.1 Å². The number of hydrogen-bond donors (Lipinski definition) is 0. The first kappa shape index (κ1) is 33.1. The fourth-order valence-corrected chi connectivity index (χ4v) is 8.66. The molecule has 0 atom stereocenters. The predicted molar refractivity (Wildman–Crippen MR) is 225 cm³/mol. The van der Waals surface area contributed by atoms with Gasteiger partial charge in [-0.3, -0.25) is 19.2 Å². The molecule has 0 aromatic heterocycles. The van der Waals surface area contributed by atoms with Crippen LogP contribution in [0, 0.1) is 27.7 Å². The van der Waals surface area contributed by atoms with Crippen LogP contribution in [-0.4, -0.2) is 0 Å². The highest BCUT2D eigenvalue weighted by Crippen LogP contribution is 2.42. The average Bonchev–Trinajstić information content (AvgIpc) is 3.21. The topological polar surface area (TPSA) is 68.3 Å². The summed E-state index contributed by atoms with van der Waals surface area (Å²) in [5.41, 5.74) is 8.28. The van der Waals surface area contributed by atoms with Crippen LogP contribution in [0.25, 0.3) is 87.6 Å². The molecule has 0 radical (unpaired) electrons. The minimum atomic E-state index is -0.346. The first-order valence-electron chi connectivity index (χ1n) is 18.1. The van der Waals surface area contributed by atoms with E-state index >= 15 is 19.2 Å². The lowest BCUT2D eigenvalue weighted by Crippen LogP contribution is -2.20. The van der Waals surface area contributed by atoms with Crippen molar-refractivity contribution in [2.75, 3.05) is 0 Å². The first-order chi connectivity index (χ1) is 26.2. The Morgan fingerprint density at radius 1 is 0.278 bits per heavy atom. The number of fused-ring (bicyclic) bond motifs is 4. The Hall–Kier alpha value is -6.78. The van der Waals surface area contributed by atoms with E-state index in [1.54, 1.807) is 0 Å². The number of hydrogen-bond acceptors (Lipinski definition) is 4. The SMILES string of the molecule is Cc1c(C)c(-c2ccccc2)c2c(=O)c3cc4c(=O)c5c(-c6ccccc6)c(C)c(C)c(-c6ccccc6)c5c(=O)c4cc3c(=O)c2c1-c1ccccc1. The van der Waals surface area contributed by atoms with E-state index in [0.717, 1.165) is 44.5 Å². The van der Waals surface area contributed by atoms with Crippen molar-refractivity contribution in [3.63, 3.8) is 0 Å². The Labute approximate surface area is 310 Å². The highest BCUT2D eigenvalue weighted by Gasteiger charge is 2.27. The molecule has 0 heterocycles. The fraction of sp³-hybridized carbons (Fsp3) is 0.0800. The third-order valence-corrected chi connectivity index (χ3v) is 11.4. The summed E-state index contributed by atoms with van der Waals surface area (Å²) in [5, 5.41) is 1.79. The summed E-state index contributed by atoms with van der Waals surface area (Å²) in [6, 6.07) is 41.6. The van der Waals surface area contributed by atoms with Crippen molar-refractivity contribution < 1.29 is 0 Å². The largest absolute Gasteiger partial charge is 0.289 e. The zero-order chi connectivity index (χ0) is 37.4. The van der Waals surface area contributed by atoms with Crippen LogP contribution in [0.2, 0.25) is 0 Å². The van der Waals surface area contributed by atoms with Crippen molar-refractivity contribution in [3.05, 3.63) is 197 Å². The molecule has 0 bridgehead atoms. The van der Waals surface area contributed by atoms with Crippen molar-refractivity contribution in [3.8, 4) is 44.5 Å². The Kier molecular flexibility index (Phi) is 7.61. The Morgan fingerprint density at radius 3 is 0.648 bits per heavy atom. The molecule has 54 heavy (non-hydrogen) atoms. The molecule has 0 spiro atoms. The lowest BCUT2D eigenvalue weighted by Gasteiger charge is -2.20. The van der Waals surface area contributed by atoms with Crippen molar-refractivity contribution in [1.82, 2.24) is 0 Å². The van der Waals surface area contributed by atoms with Gasteiger partial charge in [0.05, 0.1) is 0 Å². The van der Waals surface area contributed by atoms with E-state index in [1.165, 1.54) is 12.1 Å². The molecule has 0 unspecified atom stereocenters. The minimum absolute atomic E-state index is 0.128. The lowest BCUT2D eigenvalue weighted by atomic mass is 9.82. The minimum Gasteiger partial charge on any atom is -0.289 e. The second-order valence-corrected chi connectivity index (χ2v) is 14.2. The predicted octanol–water partition coefficient (Wildman–Crippen LogP) is 10.5. The summed E-state index contributed by atoms with van der Waals surface area (Å²) in [6.45, 7) is 7.96. The smallest absolute Gasteiger partial charge is 0.195 e. The molecule has 0 aliphatic rings. The highest BCUT2D eigenvalue weighted by molar-refractivity contribution is 6.17. The summed E-state index contributed by atoms with van der Waals surface area (Å²) in [7, 11) is 0. The maximum Gasteiger partial charge on any atom is 0.195 e. The summed E-state index contributed by atoms with van der Waals surface area (Å²) in [6.07, 6.45) is 0. The van der Waals surface area contributed by atoms with Gasteiger partial charge in [0.25, 0.3) is 0 Å². The van der Waals surface area contributed by atoms with Gasteiger partial charge in [-0.1, -0.05) is 121 Å². The van der Waals surface area contributed by atoms with Gasteiger partial charge in [-0.2, -0.15) is 0 Å². The van der Waals surface area contributed by atoms with Crippen molar-refractivity contribution in [1.29, 1.82) is 0 Å². The molecule has 0 aliphatic carbocycles. The quantitative estimate of drug-likeness (QED) is 0.172. The summed E-state index contributed by atoms with van der Waals surface area (Å²) >= 11 is 0. The Bertz CT molecular complexity index is 2800. The van der Waals surface area contributed by atoms with Gasteiger partial charge < -0.3 is 0 Å². The molecule has 9 rings (SSSR count). The molecule has 258 valence electrons. The summed E-state index contributed by atoms with van der Waals surface area (Å²) in [4.78, 5) is 60.4. The van der Waals surface area contributed by atoms with Gasteiger partial charge in [-0.15, -0.1) is 0 Å². The van der Waals surface area contributed by atoms with Crippen LogP contribution in [0.3, 0.4) is 0 Å². The molecule has 0 N–H and O–H groups in total. The van der Waals surface area contributed by atoms with Gasteiger partial charge in [-0.25, -0.2) is 0 Å². The molecular formula is C50H34O4. The molecule has 0 aliphatic heterocycles. The Balaban J connectivity index is 1.53. The zero-order valence-electron chi connectivity index (χ0n) is 30.3. The fourth-order valence-electron chi connectivity index (χ4n) is 8.66. The standard InChI is InChI=1S/C50H34O4/c1-27-28(2)40(32-19-11-6-12-20-32)44-43(39(27)31-17-9-5-10-18-31)47(51)35-25-37-38(26-36(35)48(44)52)50(54)46-42(34-23-15-8-16-24-34)30(4)29(3)41(45(46)49(37)53)33-21-13-7-14-22-33/h5-26H,1-4H3. The van der Waals surface area contributed by atoms with E-state index in [0.29, 0.717) is 43.8 Å². The van der Waals surface area contributed by atoms with Crippen LogP contribution < -0.4 is 21.7 Å². The van der Waals surface area contributed by atoms with Crippen molar-refractivity contribution in [2.24, 2.45) is 0 Å². The van der Waals surface area contributed by atoms with Gasteiger partial charge in [0.2, 0.25) is 0 Å². The van der Waals surface area contributed by atoms with E-state index in [2.05, 4.69) is 0 Å². The molecule has 0 saturated heterocycles. The van der Waals surface area contributed by atoms with E-state index in [9.17, 15) is 0 Å². The highest BCUT2D eigenvalue weighted by atomic mass is 16.1. The van der Waals surface area contributed by atoms with Gasteiger partial charge in [0.15, 0.2) is 21.7 Å². The summed E-state index contributed by atoms with van der Waals surface area (Å²) in [5.74, 6) is 0. The van der Waals surface area contributed by atoms with Gasteiger partial charge >= 0.3 is 0 Å². The second kappa shape index (κ2) is 12.4. The van der Waals surface area contributed by atoms with E-state index in [-0.39, 0.29) is 43.3 Å². The second-order valence-electron chi connectivity index (χ2n) is 14.2. The van der Waals surface area contributed by atoms with Crippen molar-refractivity contribution in [2.45, 2.75) is 27.7 Å². The molecule has 0 fully saturated rings. The number of rotatable bonds is 4. The van der Waals surface area contributed by atoms with Crippen LogP contribution in [0.5, 0.6) is 0 Å². The molecule has 4 nitrogen and oxygen atoms in total. The van der Waals surface area contributed by atoms with Crippen LogP contribution in [0.4, 0.5) is 0 Å². The third-order valence-electron chi connectivity index (χ3n) is 11.4. The van der Waals surface area contributed by atoms with E-state index in [1.807, 2.05) is 149 Å². The zero-order valence-corrected chi connectivity index (χ0v) is 30.3. The average molecular weight is 699 g/mol. The van der Waals surface area contributed by atoms with Crippen LogP contribution in [0.15, 0.2) is 153 Å². The van der Waals surface area contributed by atoms with Gasteiger partial charge in [-0.05, 0) is 107 Å². The number of benzene rings is 9. The first-order valence-corrected chi connectivity index (χ1v) is 18.1. The van der Waals surface area contributed by atoms with Crippen LogP contribution >= 0.6 is 0 Å². The molecule has 4 heteroatoms. The summed E-state index contributed by atoms with van der Waals surface area (Å²) < 4.78 is 0. The normalized spacial score (nSPS) is 11.6. The van der Waals surface area contributed by atoms with Crippen LogP contribution in [-0.2, 0) is 0 Å². The maximum absolute atomic E-state index is 15.1. The molecule has 0 amide bonds.